The Morgan fingerprint density at radius 2 is 1.85 bits per heavy atom. The Kier molecular flexibility index (Phi) is 5.90. The highest BCUT2D eigenvalue weighted by molar-refractivity contribution is 7.99. The maximum absolute atomic E-state index is 12.1. The van der Waals surface area contributed by atoms with Crippen molar-refractivity contribution in [2.24, 2.45) is 0 Å². The third-order valence-electron chi connectivity index (χ3n) is 3.62. The molecular formula is C19H19N3O2S2. The van der Waals surface area contributed by atoms with Crippen molar-refractivity contribution in [2.75, 3.05) is 25.2 Å². The molecule has 7 heteroatoms. The van der Waals surface area contributed by atoms with Gasteiger partial charge in [-0.05, 0) is 36.4 Å². The molecule has 26 heavy (non-hydrogen) atoms. The standard InChI is InChI=1S/C19H19N3O2S2/c1-22(2)19(24)13-7-9-14(10-8-13)20-17(23)11-25-12-18-21-15-5-3-4-6-16(15)26-18/h3-10H,11-12H2,1-2H3,(H,20,23). The average Bonchev–Trinajstić information content (AvgIpc) is 3.04. The number of nitrogens with zero attached hydrogens (tertiary/aromatic N) is 2. The van der Waals surface area contributed by atoms with Crippen molar-refractivity contribution in [1.82, 2.24) is 9.88 Å². The van der Waals surface area contributed by atoms with E-state index in [0.717, 1.165) is 10.5 Å². The minimum absolute atomic E-state index is 0.0609. The summed E-state index contributed by atoms with van der Waals surface area (Å²) >= 11 is 3.20. The summed E-state index contributed by atoms with van der Waals surface area (Å²) in [5, 5.41) is 3.87. The third kappa shape index (κ3) is 4.62. The molecule has 2 aromatic carbocycles. The first-order chi connectivity index (χ1) is 12.5. The van der Waals surface area contributed by atoms with Crippen LogP contribution >= 0.6 is 23.1 Å². The van der Waals surface area contributed by atoms with Gasteiger partial charge in [-0.3, -0.25) is 9.59 Å². The first kappa shape index (κ1) is 18.4. The first-order valence-corrected chi connectivity index (χ1v) is 10.0. The lowest BCUT2D eigenvalue weighted by Gasteiger charge is -2.11. The number of hydrogen-bond acceptors (Lipinski definition) is 5. The van der Waals surface area contributed by atoms with Crippen molar-refractivity contribution in [1.29, 1.82) is 0 Å². The number of benzene rings is 2. The Balaban J connectivity index is 1.48. The van der Waals surface area contributed by atoms with Gasteiger partial charge in [0.15, 0.2) is 0 Å². The second-order valence-electron chi connectivity index (χ2n) is 5.89. The molecule has 1 N–H and O–H groups in total. The molecule has 0 fully saturated rings. The second-order valence-corrected chi connectivity index (χ2v) is 7.99. The molecule has 1 heterocycles. The van der Waals surface area contributed by atoms with E-state index in [1.165, 1.54) is 21.4 Å². The van der Waals surface area contributed by atoms with Crippen LogP contribution in [0.1, 0.15) is 15.4 Å². The first-order valence-electron chi connectivity index (χ1n) is 8.06. The molecule has 3 aromatic rings. The third-order valence-corrected chi connectivity index (χ3v) is 5.78. The van der Waals surface area contributed by atoms with Gasteiger partial charge in [0.2, 0.25) is 5.91 Å². The molecular weight excluding hydrogens is 366 g/mol. The van der Waals surface area contributed by atoms with E-state index in [0.29, 0.717) is 22.8 Å². The molecule has 0 radical (unpaired) electrons. The van der Waals surface area contributed by atoms with E-state index in [1.807, 2.05) is 18.2 Å². The molecule has 0 unspecified atom stereocenters. The summed E-state index contributed by atoms with van der Waals surface area (Å²) in [6.45, 7) is 0. The maximum Gasteiger partial charge on any atom is 0.253 e. The van der Waals surface area contributed by atoms with Gasteiger partial charge in [-0.25, -0.2) is 4.98 Å². The maximum atomic E-state index is 12.1. The lowest BCUT2D eigenvalue weighted by atomic mass is 10.2. The number of anilines is 1. The van der Waals surface area contributed by atoms with Crippen LogP contribution in [-0.4, -0.2) is 41.5 Å². The van der Waals surface area contributed by atoms with Crippen LogP contribution < -0.4 is 5.32 Å². The highest BCUT2D eigenvalue weighted by atomic mass is 32.2. The Bertz CT molecular complexity index is 887. The van der Waals surface area contributed by atoms with Gasteiger partial charge in [-0.1, -0.05) is 12.1 Å². The topological polar surface area (TPSA) is 62.3 Å². The zero-order chi connectivity index (χ0) is 18.5. The van der Waals surface area contributed by atoms with Crippen LogP contribution in [0.4, 0.5) is 5.69 Å². The van der Waals surface area contributed by atoms with Gasteiger partial charge >= 0.3 is 0 Å². The lowest BCUT2D eigenvalue weighted by molar-refractivity contribution is -0.113. The Morgan fingerprint density at radius 3 is 2.54 bits per heavy atom. The fourth-order valence-corrected chi connectivity index (χ4v) is 4.21. The summed E-state index contributed by atoms with van der Waals surface area (Å²) in [5.41, 5.74) is 2.29. The smallest absolute Gasteiger partial charge is 0.253 e. The van der Waals surface area contributed by atoms with Crippen molar-refractivity contribution >= 4 is 50.8 Å². The highest BCUT2D eigenvalue weighted by Gasteiger charge is 2.09. The van der Waals surface area contributed by atoms with Crippen LogP contribution in [0.5, 0.6) is 0 Å². The number of fused-ring (bicyclic) bond motifs is 1. The number of thioether (sulfide) groups is 1. The van der Waals surface area contributed by atoms with Crippen LogP contribution in [0, 0.1) is 0 Å². The SMILES string of the molecule is CN(C)C(=O)c1ccc(NC(=O)CSCc2nc3ccccc3s2)cc1. The number of para-hydroxylation sites is 1. The fraction of sp³-hybridized carbons (Fsp3) is 0.211. The van der Waals surface area contributed by atoms with E-state index in [1.54, 1.807) is 49.7 Å². The molecule has 0 spiro atoms. The molecule has 5 nitrogen and oxygen atoms in total. The van der Waals surface area contributed by atoms with E-state index in [2.05, 4.69) is 16.4 Å². The summed E-state index contributed by atoms with van der Waals surface area (Å²) in [4.78, 5) is 30.0. The van der Waals surface area contributed by atoms with Crippen LogP contribution in [0.15, 0.2) is 48.5 Å². The van der Waals surface area contributed by atoms with E-state index in [4.69, 9.17) is 0 Å². The van der Waals surface area contributed by atoms with E-state index in [-0.39, 0.29) is 11.8 Å². The van der Waals surface area contributed by atoms with E-state index >= 15 is 0 Å². The van der Waals surface area contributed by atoms with Crippen molar-refractivity contribution in [3.63, 3.8) is 0 Å². The van der Waals surface area contributed by atoms with Gasteiger partial charge in [-0.2, -0.15) is 0 Å². The number of rotatable bonds is 6. The zero-order valence-corrected chi connectivity index (χ0v) is 16.2. The van der Waals surface area contributed by atoms with Crippen molar-refractivity contribution in [3.05, 3.63) is 59.1 Å². The molecule has 2 amide bonds. The molecule has 0 saturated heterocycles. The van der Waals surface area contributed by atoms with Crippen molar-refractivity contribution in [2.45, 2.75) is 5.75 Å². The van der Waals surface area contributed by atoms with Gasteiger partial charge in [-0.15, -0.1) is 23.1 Å². The molecule has 0 aliphatic heterocycles. The summed E-state index contributed by atoms with van der Waals surface area (Å²) in [5.74, 6) is 0.939. The Hall–Kier alpha value is -2.38. The Labute approximate surface area is 160 Å². The van der Waals surface area contributed by atoms with Gasteiger partial charge in [0.25, 0.3) is 5.91 Å². The number of nitrogens with one attached hydrogen (secondary N) is 1. The van der Waals surface area contributed by atoms with E-state index in [9.17, 15) is 9.59 Å². The van der Waals surface area contributed by atoms with Crippen LogP contribution in [0.2, 0.25) is 0 Å². The number of carbonyl (C=O) groups excluding carboxylic acids is 2. The molecule has 0 aliphatic carbocycles. The van der Waals surface area contributed by atoms with Crippen LogP contribution in [0.3, 0.4) is 0 Å². The van der Waals surface area contributed by atoms with Gasteiger partial charge in [0.05, 0.1) is 16.0 Å². The monoisotopic (exact) mass is 385 g/mol. The van der Waals surface area contributed by atoms with Gasteiger partial charge in [0, 0.05) is 31.1 Å². The molecule has 0 saturated carbocycles. The molecule has 0 atom stereocenters. The largest absolute Gasteiger partial charge is 0.345 e. The Morgan fingerprint density at radius 1 is 1.12 bits per heavy atom. The number of thiazole rings is 1. The fourth-order valence-electron chi connectivity index (χ4n) is 2.36. The predicted molar refractivity (Wildman–Crippen MR) is 109 cm³/mol. The molecule has 1 aromatic heterocycles. The molecule has 0 aliphatic rings. The number of hydrogen-bond donors (Lipinski definition) is 1. The van der Waals surface area contributed by atoms with Crippen LogP contribution in [-0.2, 0) is 10.5 Å². The lowest BCUT2D eigenvalue weighted by Crippen LogP contribution is -2.21. The van der Waals surface area contributed by atoms with Crippen molar-refractivity contribution in [3.8, 4) is 0 Å². The van der Waals surface area contributed by atoms with Crippen LogP contribution in [0.25, 0.3) is 10.2 Å². The number of amides is 2. The summed E-state index contributed by atoms with van der Waals surface area (Å²) in [7, 11) is 3.42. The normalized spacial score (nSPS) is 10.7. The highest BCUT2D eigenvalue weighted by Crippen LogP contribution is 2.24. The predicted octanol–water partition coefficient (Wildman–Crippen LogP) is 3.87. The van der Waals surface area contributed by atoms with E-state index < -0.39 is 0 Å². The second kappa shape index (κ2) is 8.33. The summed E-state index contributed by atoms with van der Waals surface area (Å²) < 4.78 is 1.17. The zero-order valence-electron chi connectivity index (χ0n) is 14.6. The van der Waals surface area contributed by atoms with Gasteiger partial charge in [0.1, 0.15) is 5.01 Å². The molecule has 3 rings (SSSR count). The minimum atomic E-state index is -0.0669. The quantitative estimate of drug-likeness (QED) is 0.700. The van der Waals surface area contributed by atoms with Crippen molar-refractivity contribution < 1.29 is 9.59 Å². The molecule has 0 bridgehead atoms. The molecule has 134 valence electrons. The minimum Gasteiger partial charge on any atom is -0.345 e. The summed E-state index contributed by atoms with van der Waals surface area (Å²) in [6, 6.07) is 14.9. The summed E-state index contributed by atoms with van der Waals surface area (Å²) in [6.07, 6.45) is 0. The number of carbonyl (C=O) groups is 2. The average molecular weight is 386 g/mol. The number of aromatic nitrogens is 1. The van der Waals surface area contributed by atoms with Gasteiger partial charge < -0.3 is 10.2 Å².